The van der Waals surface area contributed by atoms with Crippen LogP contribution in [0.15, 0.2) is 24.3 Å². The highest BCUT2D eigenvalue weighted by molar-refractivity contribution is 5.95. The van der Waals surface area contributed by atoms with Crippen molar-refractivity contribution in [3.8, 4) is 5.75 Å². The number of methoxy groups -OCH3 is 1. The van der Waals surface area contributed by atoms with E-state index in [1.165, 1.54) is 0 Å². The molecule has 0 radical (unpaired) electrons. The van der Waals surface area contributed by atoms with E-state index in [9.17, 15) is 4.79 Å². The third-order valence-electron chi connectivity index (χ3n) is 2.74. The van der Waals surface area contributed by atoms with Crippen molar-refractivity contribution < 1.29 is 14.3 Å². The van der Waals surface area contributed by atoms with Crippen LogP contribution in [0.25, 0.3) is 10.9 Å². The molecular formula is C13H15NO3. The first-order chi connectivity index (χ1) is 8.17. The van der Waals surface area contributed by atoms with Crippen molar-refractivity contribution in [2.45, 2.75) is 6.92 Å². The summed E-state index contributed by atoms with van der Waals surface area (Å²) >= 11 is 0. The van der Waals surface area contributed by atoms with Crippen molar-refractivity contribution in [1.82, 2.24) is 4.57 Å². The molecular weight excluding hydrogens is 218 g/mol. The molecule has 0 unspecified atom stereocenters. The van der Waals surface area contributed by atoms with Crippen LogP contribution >= 0.6 is 0 Å². The molecule has 0 spiro atoms. The molecule has 0 aliphatic carbocycles. The van der Waals surface area contributed by atoms with Gasteiger partial charge < -0.3 is 14.0 Å². The van der Waals surface area contributed by atoms with Crippen molar-refractivity contribution in [2.24, 2.45) is 7.05 Å². The minimum absolute atomic E-state index is 0.301. The number of benzene rings is 1. The molecule has 0 amide bonds. The van der Waals surface area contributed by atoms with Crippen LogP contribution in [0.3, 0.4) is 0 Å². The van der Waals surface area contributed by atoms with E-state index < -0.39 is 0 Å². The molecule has 0 saturated heterocycles. The van der Waals surface area contributed by atoms with Crippen molar-refractivity contribution in [1.29, 1.82) is 0 Å². The molecule has 0 aliphatic heterocycles. The maximum absolute atomic E-state index is 11.7. The van der Waals surface area contributed by atoms with Crippen LogP contribution in [0.1, 0.15) is 17.4 Å². The summed E-state index contributed by atoms with van der Waals surface area (Å²) in [5, 5.41) is 0.997. The van der Waals surface area contributed by atoms with Crippen LogP contribution in [0.5, 0.6) is 5.75 Å². The first-order valence-electron chi connectivity index (χ1n) is 5.48. The van der Waals surface area contributed by atoms with E-state index in [2.05, 4.69) is 0 Å². The van der Waals surface area contributed by atoms with Gasteiger partial charge in [-0.25, -0.2) is 4.79 Å². The second-order valence-corrected chi connectivity index (χ2v) is 3.73. The molecule has 0 N–H and O–H groups in total. The third-order valence-corrected chi connectivity index (χ3v) is 2.74. The Kier molecular flexibility index (Phi) is 3.04. The third kappa shape index (κ3) is 1.98. The molecule has 4 heteroatoms. The zero-order chi connectivity index (χ0) is 12.4. The first kappa shape index (κ1) is 11.5. The van der Waals surface area contributed by atoms with Crippen LogP contribution in [0.2, 0.25) is 0 Å². The van der Waals surface area contributed by atoms with Gasteiger partial charge in [0.05, 0.1) is 19.2 Å². The quantitative estimate of drug-likeness (QED) is 0.764. The number of carbonyl (C=O) groups excluding carboxylic acids is 1. The smallest absolute Gasteiger partial charge is 0.354 e. The Morgan fingerprint density at radius 1 is 1.35 bits per heavy atom. The van der Waals surface area contributed by atoms with Gasteiger partial charge in [-0.2, -0.15) is 0 Å². The Balaban J connectivity index is 2.53. The molecule has 0 fully saturated rings. The molecule has 4 nitrogen and oxygen atoms in total. The van der Waals surface area contributed by atoms with Crippen molar-refractivity contribution in [2.75, 3.05) is 13.7 Å². The van der Waals surface area contributed by atoms with Gasteiger partial charge in [-0.3, -0.25) is 0 Å². The van der Waals surface area contributed by atoms with Gasteiger partial charge in [0.1, 0.15) is 11.4 Å². The summed E-state index contributed by atoms with van der Waals surface area (Å²) in [5.74, 6) is 0.472. The number of aromatic nitrogens is 1. The van der Waals surface area contributed by atoms with Gasteiger partial charge in [0.15, 0.2) is 0 Å². The number of ether oxygens (including phenoxy) is 2. The number of aryl methyl sites for hydroxylation is 1. The summed E-state index contributed by atoms with van der Waals surface area (Å²) in [4.78, 5) is 11.7. The van der Waals surface area contributed by atoms with E-state index in [1.54, 1.807) is 14.0 Å². The van der Waals surface area contributed by atoms with Gasteiger partial charge in [0.25, 0.3) is 0 Å². The lowest BCUT2D eigenvalue weighted by Crippen LogP contribution is -2.09. The largest absolute Gasteiger partial charge is 0.497 e. The number of fused-ring (bicyclic) bond motifs is 1. The number of carbonyl (C=O) groups is 1. The Morgan fingerprint density at radius 3 is 2.76 bits per heavy atom. The summed E-state index contributed by atoms with van der Waals surface area (Å²) in [6.45, 7) is 2.17. The normalized spacial score (nSPS) is 10.5. The number of rotatable bonds is 3. The second-order valence-electron chi connectivity index (χ2n) is 3.73. The highest BCUT2D eigenvalue weighted by atomic mass is 16.5. The monoisotopic (exact) mass is 233 g/mol. The Morgan fingerprint density at radius 2 is 2.12 bits per heavy atom. The minimum atomic E-state index is -0.301. The predicted octanol–water partition coefficient (Wildman–Crippen LogP) is 2.36. The minimum Gasteiger partial charge on any atom is -0.497 e. The SMILES string of the molecule is CCOC(=O)c1cc2ccc(OC)cc2n1C. The fraction of sp³-hybridized carbons (Fsp3) is 0.308. The van der Waals surface area contributed by atoms with Crippen LogP contribution in [0, 0.1) is 0 Å². The van der Waals surface area contributed by atoms with Crippen LogP contribution in [-0.2, 0) is 11.8 Å². The number of hydrogen-bond acceptors (Lipinski definition) is 3. The van der Waals surface area contributed by atoms with Crippen molar-refractivity contribution in [3.05, 3.63) is 30.0 Å². The van der Waals surface area contributed by atoms with Gasteiger partial charge in [-0.05, 0) is 25.1 Å². The van der Waals surface area contributed by atoms with E-state index in [0.717, 1.165) is 16.7 Å². The number of esters is 1. The highest BCUT2D eigenvalue weighted by Crippen LogP contribution is 2.24. The van der Waals surface area contributed by atoms with Gasteiger partial charge >= 0.3 is 5.97 Å². The van der Waals surface area contributed by atoms with Gasteiger partial charge in [-0.15, -0.1) is 0 Å². The molecule has 0 atom stereocenters. The maximum Gasteiger partial charge on any atom is 0.354 e. The summed E-state index contributed by atoms with van der Waals surface area (Å²) in [5.41, 5.74) is 1.50. The molecule has 1 aromatic carbocycles. The molecule has 0 aliphatic rings. The lowest BCUT2D eigenvalue weighted by molar-refractivity contribution is 0.0516. The fourth-order valence-corrected chi connectivity index (χ4v) is 1.84. The van der Waals surface area contributed by atoms with E-state index in [1.807, 2.05) is 35.9 Å². The number of nitrogens with zero attached hydrogens (tertiary/aromatic N) is 1. The zero-order valence-electron chi connectivity index (χ0n) is 10.2. The average molecular weight is 233 g/mol. The van der Waals surface area contributed by atoms with E-state index >= 15 is 0 Å². The lowest BCUT2D eigenvalue weighted by Gasteiger charge is -2.04. The molecule has 2 aromatic rings. The lowest BCUT2D eigenvalue weighted by atomic mass is 10.2. The second kappa shape index (κ2) is 4.49. The molecule has 17 heavy (non-hydrogen) atoms. The van der Waals surface area contributed by atoms with Gasteiger partial charge in [0.2, 0.25) is 0 Å². The summed E-state index contributed by atoms with van der Waals surface area (Å²) in [6, 6.07) is 7.53. The van der Waals surface area contributed by atoms with Gasteiger partial charge in [0, 0.05) is 18.5 Å². The van der Waals surface area contributed by atoms with E-state index in [0.29, 0.717) is 12.3 Å². The molecule has 1 heterocycles. The molecule has 0 bridgehead atoms. The van der Waals surface area contributed by atoms with Crippen LogP contribution < -0.4 is 4.74 Å². The van der Waals surface area contributed by atoms with E-state index in [4.69, 9.17) is 9.47 Å². The zero-order valence-corrected chi connectivity index (χ0v) is 10.2. The van der Waals surface area contributed by atoms with E-state index in [-0.39, 0.29) is 5.97 Å². The molecule has 0 saturated carbocycles. The Bertz CT molecular complexity index is 557. The average Bonchev–Trinajstić information content (AvgIpc) is 2.67. The standard InChI is InChI=1S/C13H15NO3/c1-4-17-13(15)12-7-9-5-6-10(16-3)8-11(9)14(12)2/h5-8H,4H2,1-3H3. The summed E-state index contributed by atoms with van der Waals surface area (Å²) in [6.07, 6.45) is 0. The maximum atomic E-state index is 11.7. The van der Waals surface area contributed by atoms with Gasteiger partial charge in [-0.1, -0.05) is 0 Å². The molecule has 90 valence electrons. The summed E-state index contributed by atoms with van der Waals surface area (Å²) < 4.78 is 12.0. The molecule has 2 rings (SSSR count). The van der Waals surface area contributed by atoms with Crippen molar-refractivity contribution in [3.63, 3.8) is 0 Å². The van der Waals surface area contributed by atoms with Crippen LogP contribution in [-0.4, -0.2) is 24.3 Å². The van der Waals surface area contributed by atoms with Crippen LogP contribution in [0.4, 0.5) is 0 Å². The Hall–Kier alpha value is -1.97. The van der Waals surface area contributed by atoms with Crippen molar-refractivity contribution >= 4 is 16.9 Å². The molecule has 1 aromatic heterocycles. The Labute approximate surface area is 99.7 Å². The summed E-state index contributed by atoms with van der Waals surface area (Å²) in [7, 11) is 3.46. The highest BCUT2D eigenvalue weighted by Gasteiger charge is 2.14. The fourth-order valence-electron chi connectivity index (χ4n) is 1.84. The predicted molar refractivity (Wildman–Crippen MR) is 65.4 cm³/mol. The number of hydrogen-bond donors (Lipinski definition) is 0. The first-order valence-corrected chi connectivity index (χ1v) is 5.48. The topological polar surface area (TPSA) is 40.5 Å².